The largest absolute Gasteiger partial charge is 0.254 e. The van der Waals surface area contributed by atoms with Crippen molar-refractivity contribution in [3.8, 4) is 11.4 Å². The first-order valence-electron chi connectivity index (χ1n) is 2.56. The summed E-state index contributed by atoms with van der Waals surface area (Å²) in [7, 11) is 0. The summed E-state index contributed by atoms with van der Waals surface area (Å²) in [5.74, 6) is 0. The Kier molecular flexibility index (Phi) is 1.04. The van der Waals surface area contributed by atoms with E-state index in [4.69, 9.17) is 11.6 Å². The van der Waals surface area contributed by atoms with Crippen LogP contribution in [0.4, 0.5) is 0 Å². The second kappa shape index (κ2) is 1.88. The van der Waals surface area contributed by atoms with E-state index in [0.29, 0.717) is 16.5 Å². The van der Waals surface area contributed by atoms with Gasteiger partial charge < -0.3 is 0 Å². The molecule has 2 heterocycles. The summed E-state index contributed by atoms with van der Waals surface area (Å²) < 4.78 is 0. The molecule has 0 atom stereocenters. The molecule has 2 rings (SSSR count). The molecule has 2 aliphatic heterocycles. The van der Waals surface area contributed by atoms with Gasteiger partial charge in [0, 0.05) is 0 Å². The third-order valence-electron chi connectivity index (χ3n) is 1.11. The van der Waals surface area contributed by atoms with Crippen LogP contribution in [0.2, 0.25) is 5.15 Å². The Hall–Kier alpha value is -1.23. The van der Waals surface area contributed by atoms with E-state index in [1.807, 2.05) is 0 Å². The van der Waals surface area contributed by atoms with Crippen LogP contribution in [0.5, 0.6) is 0 Å². The normalized spacial score (nSPS) is 10.5. The molecule has 1 N–H and O–H groups in total. The highest BCUT2D eigenvalue weighted by Gasteiger charge is 2.10. The second-order valence-corrected chi connectivity index (χ2v) is 2.07. The van der Waals surface area contributed by atoms with E-state index in [9.17, 15) is 0 Å². The molecule has 0 aromatic carbocycles. The van der Waals surface area contributed by atoms with Gasteiger partial charge in [-0.25, -0.2) is 0 Å². The van der Waals surface area contributed by atoms with Crippen molar-refractivity contribution in [2.45, 2.75) is 0 Å². The van der Waals surface area contributed by atoms with Crippen LogP contribution in [-0.2, 0) is 0 Å². The molecule has 0 aromatic rings. The number of hydrogen-bond donors (Lipinski definition) is 1. The highest BCUT2D eigenvalue weighted by Crippen LogP contribution is 2.21. The minimum absolute atomic E-state index is 0.324. The molecule has 0 radical (unpaired) electrons. The number of H-pyrrole nitrogens is 1. The second-order valence-electron chi connectivity index (χ2n) is 1.71. The van der Waals surface area contributed by atoms with Gasteiger partial charge in [-0.3, -0.25) is 5.10 Å². The van der Waals surface area contributed by atoms with E-state index in [2.05, 4.69) is 25.6 Å². The van der Waals surface area contributed by atoms with Gasteiger partial charge >= 0.3 is 0 Å². The summed E-state index contributed by atoms with van der Waals surface area (Å²) in [6, 6.07) is 0. The van der Waals surface area contributed by atoms with E-state index >= 15 is 0 Å². The SMILES string of the molecule is Clc1nnc2cnn[nH]c1-2. The monoisotopic (exact) mass is 155 g/mol. The zero-order valence-corrected chi connectivity index (χ0v) is 5.50. The van der Waals surface area contributed by atoms with Gasteiger partial charge in [-0.1, -0.05) is 16.8 Å². The van der Waals surface area contributed by atoms with Crippen molar-refractivity contribution < 1.29 is 0 Å². The molecule has 50 valence electrons. The van der Waals surface area contributed by atoms with Crippen LogP contribution in [0.25, 0.3) is 11.4 Å². The fraction of sp³-hybridized carbons (Fsp3) is 0. The number of nitrogens with one attached hydrogen (secondary N) is 1. The minimum atomic E-state index is 0.324. The summed E-state index contributed by atoms with van der Waals surface area (Å²) >= 11 is 5.60. The van der Waals surface area contributed by atoms with Gasteiger partial charge in [0.2, 0.25) is 0 Å². The molecule has 0 saturated heterocycles. The number of aromatic amines is 1. The average Bonchev–Trinajstić information content (AvgIpc) is 2.34. The smallest absolute Gasteiger partial charge is 0.179 e. The molecule has 0 fully saturated rings. The molecule has 2 aliphatic rings. The minimum Gasteiger partial charge on any atom is -0.254 e. The summed E-state index contributed by atoms with van der Waals surface area (Å²) in [5.41, 5.74) is 1.25. The van der Waals surface area contributed by atoms with Crippen LogP contribution in [0.15, 0.2) is 6.20 Å². The predicted molar refractivity (Wildman–Crippen MR) is 33.6 cm³/mol. The molecule has 0 bridgehead atoms. The van der Waals surface area contributed by atoms with Crippen molar-refractivity contribution >= 4 is 11.6 Å². The van der Waals surface area contributed by atoms with Gasteiger partial charge in [-0.05, 0) is 0 Å². The van der Waals surface area contributed by atoms with Crippen molar-refractivity contribution in [2.75, 3.05) is 0 Å². The standard InChI is InChI=1S/C4H2ClN5/c5-4-3-2(7-9-4)1-6-10-8-3/h1H,(H,6,8). The van der Waals surface area contributed by atoms with Gasteiger partial charge in [-0.15, -0.1) is 15.3 Å². The maximum absolute atomic E-state index is 5.60. The fourth-order valence-corrected chi connectivity index (χ4v) is 0.837. The molecular formula is C4H2ClN5. The van der Waals surface area contributed by atoms with E-state index in [0.717, 1.165) is 0 Å². The lowest BCUT2D eigenvalue weighted by Crippen LogP contribution is -1.89. The van der Waals surface area contributed by atoms with E-state index in [1.54, 1.807) is 0 Å². The Bertz CT molecular complexity index is 318. The molecule has 0 unspecified atom stereocenters. The Morgan fingerprint density at radius 2 is 2.30 bits per heavy atom. The number of halogens is 1. The van der Waals surface area contributed by atoms with E-state index in [-0.39, 0.29) is 0 Å². The first-order valence-corrected chi connectivity index (χ1v) is 2.93. The van der Waals surface area contributed by atoms with Crippen molar-refractivity contribution in [2.24, 2.45) is 0 Å². The summed E-state index contributed by atoms with van der Waals surface area (Å²) in [6.07, 6.45) is 1.49. The van der Waals surface area contributed by atoms with Gasteiger partial charge in [0.15, 0.2) is 5.15 Å². The van der Waals surface area contributed by atoms with Crippen LogP contribution in [0.3, 0.4) is 0 Å². The van der Waals surface area contributed by atoms with Crippen LogP contribution in [-0.4, -0.2) is 25.6 Å². The number of fused-ring (bicyclic) bond motifs is 1. The zero-order chi connectivity index (χ0) is 6.97. The highest BCUT2D eigenvalue weighted by molar-refractivity contribution is 6.31. The molecule has 0 amide bonds. The average molecular weight is 156 g/mol. The first kappa shape index (κ1) is 5.55. The van der Waals surface area contributed by atoms with Crippen molar-refractivity contribution in [1.29, 1.82) is 0 Å². The van der Waals surface area contributed by atoms with Crippen molar-refractivity contribution in [3.63, 3.8) is 0 Å². The Balaban J connectivity index is 2.78. The Morgan fingerprint density at radius 3 is 3.10 bits per heavy atom. The van der Waals surface area contributed by atoms with E-state index in [1.165, 1.54) is 6.20 Å². The maximum Gasteiger partial charge on any atom is 0.179 e. The van der Waals surface area contributed by atoms with Crippen LogP contribution in [0.1, 0.15) is 0 Å². The summed E-state index contributed by atoms with van der Waals surface area (Å²) in [6.45, 7) is 0. The van der Waals surface area contributed by atoms with Crippen molar-refractivity contribution in [1.82, 2.24) is 25.6 Å². The van der Waals surface area contributed by atoms with Gasteiger partial charge in [0.25, 0.3) is 0 Å². The van der Waals surface area contributed by atoms with Gasteiger partial charge in [0.1, 0.15) is 11.4 Å². The summed E-state index contributed by atoms with van der Waals surface area (Å²) in [4.78, 5) is 0. The lowest BCUT2D eigenvalue weighted by Gasteiger charge is -1.89. The number of hydrogen-bond acceptors (Lipinski definition) is 4. The maximum atomic E-state index is 5.60. The molecule has 0 aromatic heterocycles. The molecule has 0 aliphatic carbocycles. The predicted octanol–water partition coefficient (Wildman–Crippen LogP) is 0.353. The fourth-order valence-electron chi connectivity index (χ4n) is 0.660. The number of aromatic nitrogens is 5. The number of nitrogens with zero attached hydrogens (tertiary/aromatic N) is 4. The quantitative estimate of drug-likeness (QED) is 0.596. The van der Waals surface area contributed by atoms with Gasteiger partial charge in [0.05, 0.1) is 6.20 Å². The van der Waals surface area contributed by atoms with Gasteiger partial charge in [-0.2, -0.15) is 0 Å². The third-order valence-corrected chi connectivity index (χ3v) is 1.37. The molecule has 6 heteroatoms. The molecule has 5 nitrogen and oxygen atoms in total. The molecule has 10 heavy (non-hydrogen) atoms. The highest BCUT2D eigenvalue weighted by atomic mass is 35.5. The lowest BCUT2D eigenvalue weighted by atomic mass is 10.4. The first-order chi connectivity index (χ1) is 4.88. The Labute approximate surface area is 60.8 Å². The van der Waals surface area contributed by atoms with Crippen LogP contribution >= 0.6 is 11.6 Å². The van der Waals surface area contributed by atoms with Crippen molar-refractivity contribution in [3.05, 3.63) is 11.3 Å². The molecular weight excluding hydrogens is 154 g/mol. The van der Waals surface area contributed by atoms with Crippen LogP contribution < -0.4 is 0 Å². The molecule has 0 spiro atoms. The lowest BCUT2D eigenvalue weighted by molar-refractivity contribution is 0.866. The number of rotatable bonds is 0. The van der Waals surface area contributed by atoms with E-state index < -0.39 is 0 Å². The zero-order valence-electron chi connectivity index (χ0n) is 4.74. The molecule has 0 saturated carbocycles. The Morgan fingerprint density at radius 1 is 1.40 bits per heavy atom. The topological polar surface area (TPSA) is 67.3 Å². The third kappa shape index (κ3) is 0.640. The van der Waals surface area contributed by atoms with Crippen LogP contribution in [0, 0.1) is 0 Å². The summed E-state index contributed by atoms with van der Waals surface area (Å²) in [5, 5.41) is 17.3.